The molecular weight excluding hydrogens is 266 g/mol. The first-order valence-corrected chi connectivity index (χ1v) is 6.57. The van der Waals surface area contributed by atoms with E-state index in [-0.39, 0.29) is 5.56 Å². The summed E-state index contributed by atoms with van der Waals surface area (Å²) in [7, 11) is 1.74. The molecule has 21 heavy (non-hydrogen) atoms. The zero-order valence-corrected chi connectivity index (χ0v) is 11.8. The second kappa shape index (κ2) is 4.63. The number of amides is 1. The number of carbonyl (C=O) groups is 1. The van der Waals surface area contributed by atoms with Crippen LogP contribution in [0.3, 0.4) is 0 Å². The average Bonchev–Trinajstić information content (AvgIpc) is 2.73. The molecule has 3 N–H and O–H groups in total. The van der Waals surface area contributed by atoms with E-state index in [1.807, 2.05) is 30.3 Å². The number of benzene rings is 1. The third kappa shape index (κ3) is 2.03. The van der Waals surface area contributed by atoms with Crippen LogP contribution in [0.5, 0.6) is 0 Å². The van der Waals surface area contributed by atoms with Gasteiger partial charge in [-0.15, -0.1) is 0 Å². The summed E-state index contributed by atoms with van der Waals surface area (Å²) in [5.41, 5.74) is 8.38. The van der Waals surface area contributed by atoms with Crippen molar-refractivity contribution in [2.45, 2.75) is 6.92 Å². The molecule has 0 saturated heterocycles. The van der Waals surface area contributed by atoms with Crippen molar-refractivity contribution < 1.29 is 4.79 Å². The van der Waals surface area contributed by atoms with Gasteiger partial charge in [0.25, 0.3) is 11.5 Å². The summed E-state index contributed by atoms with van der Waals surface area (Å²) in [6.45, 7) is 1.80. The molecular formula is C16H15N3O2. The van der Waals surface area contributed by atoms with Crippen molar-refractivity contribution in [3.63, 3.8) is 0 Å². The van der Waals surface area contributed by atoms with E-state index in [1.54, 1.807) is 24.7 Å². The maximum absolute atomic E-state index is 12.3. The van der Waals surface area contributed by atoms with E-state index in [0.717, 1.165) is 16.5 Å². The van der Waals surface area contributed by atoms with Gasteiger partial charge in [0.1, 0.15) is 5.69 Å². The molecule has 0 aliphatic rings. The second-order valence-corrected chi connectivity index (χ2v) is 5.09. The number of H-pyrrole nitrogens is 1. The van der Waals surface area contributed by atoms with E-state index < -0.39 is 5.91 Å². The zero-order valence-electron chi connectivity index (χ0n) is 11.8. The Hall–Kier alpha value is -2.82. The minimum absolute atomic E-state index is 0.182. The third-order valence-corrected chi connectivity index (χ3v) is 3.71. The van der Waals surface area contributed by atoms with Crippen LogP contribution in [0.2, 0.25) is 0 Å². The van der Waals surface area contributed by atoms with Gasteiger partial charge in [-0.05, 0) is 30.0 Å². The Morgan fingerprint density at radius 3 is 2.62 bits per heavy atom. The van der Waals surface area contributed by atoms with Crippen LogP contribution < -0.4 is 11.3 Å². The van der Waals surface area contributed by atoms with Crippen LogP contribution in [0, 0.1) is 6.92 Å². The molecule has 1 amide bonds. The van der Waals surface area contributed by atoms with Gasteiger partial charge in [-0.1, -0.05) is 18.2 Å². The molecule has 0 bridgehead atoms. The van der Waals surface area contributed by atoms with E-state index in [9.17, 15) is 9.59 Å². The molecule has 2 aromatic heterocycles. The van der Waals surface area contributed by atoms with E-state index in [4.69, 9.17) is 5.73 Å². The number of hydrogen-bond donors (Lipinski definition) is 2. The van der Waals surface area contributed by atoms with Crippen LogP contribution in [0.25, 0.3) is 22.0 Å². The Morgan fingerprint density at radius 2 is 1.95 bits per heavy atom. The van der Waals surface area contributed by atoms with Crippen LogP contribution in [-0.4, -0.2) is 15.5 Å². The molecule has 1 aromatic carbocycles. The highest BCUT2D eigenvalue weighted by atomic mass is 16.1. The van der Waals surface area contributed by atoms with Crippen LogP contribution in [0.4, 0.5) is 0 Å². The third-order valence-electron chi connectivity index (χ3n) is 3.71. The van der Waals surface area contributed by atoms with Gasteiger partial charge in [0, 0.05) is 29.9 Å². The highest BCUT2D eigenvalue weighted by molar-refractivity contribution is 5.95. The predicted molar refractivity (Wildman–Crippen MR) is 82.2 cm³/mol. The molecule has 0 unspecified atom stereocenters. The molecule has 0 fully saturated rings. The molecule has 0 saturated carbocycles. The first-order chi connectivity index (χ1) is 9.99. The number of carbonyl (C=O) groups excluding carboxylic acids is 1. The minimum atomic E-state index is -0.501. The highest BCUT2D eigenvalue weighted by Crippen LogP contribution is 2.26. The van der Waals surface area contributed by atoms with Gasteiger partial charge in [0.2, 0.25) is 0 Å². The number of hydrogen-bond acceptors (Lipinski definition) is 2. The van der Waals surface area contributed by atoms with Crippen molar-refractivity contribution in [3.8, 4) is 11.1 Å². The lowest BCUT2D eigenvalue weighted by Crippen LogP contribution is -2.16. The SMILES string of the molecule is Cc1c(-c2cc3ccccc3[nH]c2=O)cn(C)c1C(N)=O. The summed E-state index contributed by atoms with van der Waals surface area (Å²) in [4.78, 5) is 26.7. The zero-order chi connectivity index (χ0) is 15.1. The van der Waals surface area contributed by atoms with Crippen LogP contribution in [0.15, 0.2) is 41.3 Å². The highest BCUT2D eigenvalue weighted by Gasteiger charge is 2.18. The number of aryl methyl sites for hydroxylation is 1. The Balaban J connectivity index is 2.31. The number of nitrogens with one attached hydrogen (secondary N) is 1. The van der Waals surface area contributed by atoms with Crippen molar-refractivity contribution in [1.82, 2.24) is 9.55 Å². The number of nitrogens with two attached hydrogens (primary N) is 1. The van der Waals surface area contributed by atoms with Crippen molar-refractivity contribution >= 4 is 16.8 Å². The lowest BCUT2D eigenvalue weighted by atomic mass is 10.0. The molecule has 0 spiro atoms. The van der Waals surface area contributed by atoms with Gasteiger partial charge < -0.3 is 15.3 Å². The van der Waals surface area contributed by atoms with Gasteiger partial charge in [0.05, 0.1) is 0 Å². The molecule has 0 atom stereocenters. The summed E-state index contributed by atoms with van der Waals surface area (Å²) in [5, 5.41) is 0.941. The average molecular weight is 281 g/mol. The number of para-hydroxylation sites is 1. The number of aromatic nitrogens is 2. The fraction of sp³-hybridized carbons (Fsp3) is 0.125. The fourth-order valence-electron chi connectivity index (χ4n) is 2.72. The quantitative estimate of drug-likeness (QED) is 0.752. The molecule has 0 radical (unpaired) electrons. The lowest BCUT2D eigenvalue weighted by molar-refractivity contribution is 0.0992. The maximum atomic E-state index is 12.3. The Morgan fingerprint density at radius 1 is 1.24 bits per heavy atom. The van der Waals surface area contributed by atoms with Crippen molar-refractivity contribution in [2.75, 3.05) is 0 Å². The maximum Gasteiger partial charge on any atom is 0.265 e. The van der Waals surface area contributed by atoms with Crippen molar-refractivity contribution in [2.24, 2.45) is 12.8 Å². The number of rotatable bonds is 2. The van der Waals surface area contributed by atoms with Gasteiger partial charge in [-0.25, -0.2) is 0 Å². The number of fused-ring (bicyclic) bond motifs is 1. The molecule has 5 heteroatoms. The molecule has 0 aliphatic carbocycles. The Kier molecular flexibility index (Phi) is 2.90. The van der Waals surface area contributed by atoms with Crippen molar-refractivity contribution in [1.29, 1.82) is 0 Å². The summed E-state index contributed by atoms with van der Waals surface area (Å²) < 4.78 is 1.65. The van der Waals surface area contributed by atoms with Crippen LogP contribution in [0.1, 0.15) is 16.1 Å². The monoisotopic (exact) mass is 281 g/mol. The molecule has 0 aliphatic heterocycles. The largest absolute Gasteiger partial charge is 0.364 e. The van der Waals surface area contributed by atoms with Gasteiger partial charge >= 0.3 is 0 Å². The van der Waals surface area contributed by atoms with Crippen molar-refractivity contribution in [3.05, 3.63) is 58.1 Å². The van der Waals surface area contributed by atoms with E-state index in [2.05, 4.69) is 4.98 Å². The summed E-state index contributed by atoms with van der Waals surface area (Å²) >= 11 is 0. The molecule has 2 heterocycles. The minimum Gasteiger partial charge on any atom is -0.364 e. The fourth-order valence-corrected chi connectivity index (χ4v) is 2.72. The first-order valence-electron chi connectivity index (χ1n) is 6.57. The van der Waals surface area contributed by atoms with E-state index >= 15 is 0 Å². The smallest absolute Gasteiger partial charge is 0.265 e. The Labute approximate surface area is 121 Å². The molecule has 5 nitrogen and oxygen atoms in total. The molecule has 106 valence electrons. The van der Waals surface area contributed by atoms with Crippen LogP contribution in [-0.2, 0) is 7.05 Å². The number of pyridine rings is 1. The molecule has 3 aromatic rings. The molecule has 3 rings (SSSR count). The predicted octanol–water partition coefficient (Wildman–Crippen LogP) is 1.94. The lowest BCUT2D eigenvalue weighted by Gasteiger charge is -2.03. The van der Waals surface area contributed by atoms with E-state index in [1.165, 1.54) is 0 Å². The van der Waals surface area contributed by atoms with Gasteiger partial charge in [-0.3, -0.25) is 9.59 Å². The topological polar surface area (TPSA) is 80.9 Å². The number of aromatic amines is 1. The Bertz CT molecular complexity index is 919. The summed E-state index contributed by atoms with van der Waals surface area (Å²) in [6.07, 6.45) is 1.76. The van der Waals surface area contributed by atoms with Crippen LogP contribution >= 0.6 is 0 Å². The number of primary amides is 1. The number of nitrogens with zero attached hydrogens (tertiary/aromatic N) is 1. The van der Waals surface area contributed by atoms with Gasteiger partial charge in [-0.2, -0.15) is 0 Å². The van der Waals surface area contributed by atoms with E-state index in [0.29, 0.717) is 16.8 Å². The normalized spacial score (nSPS) is 11.0. The second-order valence-electron chi connectivity index (χ2n) is 5.09. The first kappa shape index (κ1) is 13.2. The standard InChI is InChI=1S/C16H15N3O2/c1-9-12(8-19(2)14(9)15(17)20)11-7-10-5-3-4-6-13(10)18-16(11)21/h3-8H,1-2H3,(H2,17,20)(H,18,21). The van der Waals surface area contributed by atoms with Gasteiger partial charge in [0.15, 0.2) is 0 Å². The summed E-state index contributed by atoms with van der Waals surface area (Å²) in [6, 6.07) is 9.41. The summed E-state index contributed by atoms with van der Waals surface area (Å²) in [5.74, 6) is -0.501.